The Kier molecular flexibility index (Phi) is 5.66. The van der Waals surface area contributed by atoms with Gasteiger partial charge in [-0.25, -0.2) is 0 Å². The number of hydrogen-bond acceptors (Lipinski definition) is 5. The van der Waals surface area contributed by atoms with Crippen LogP contribution in [0.4, 0.5) is 0 Å². The van der Waals surface area contributed by atoms with Crippen molar-refractivity contribution >= 4 is 11.6 Å². The number of pyridine rings is 2. The fraction of sp³-hybridized carbons (Fsp3) is 0.444. The number of halogens is 1. The largest absolute Gasteiger partial charge is 0.489 e. The zero-order valence-corrected chi connectivity index (χ0v) is 14.9. The molecule has 1 atom stereocenters. The number of nitrogens with zero attached hydrogens (tertiary/aromatic N) is 4. The topological polar surface area (TPSA) is 41.5 Å². The summed E-state index contributed by atoms with van der Waals surface area (Å²) in [6, 6.07) is 7.83. The van der Waals surface area contributed by atoms with Crippen LogP contribution in [0.2, 0.25) is 5.02 Å². The van der Waals surface area contributed by atoms with Crippen LogP contribution in [-0.2, 0) is 13.1 Å². The van der Waals surface area contributed by atoms with E-state index in [1.807, 2.05) is 44.6 Å². The third-order valence-corrected chi connectivity index (χ3v) is 4.20. The molecule has 0 aromatic carbocycles. The summed E-state index contributed by atoms with van der Waals surface area (Å²) in [6.07, 6.45) is 4.76. The third kappa shape index (κ3) is 4.90. The van der Waals surface area contributed by atoms with Crippen molar-refractivity contribution in [2.24, 2.45) is 0 Å². The molecule has 0 N–H and O–H groups in total. The van der Waals surface area contributed by atoms with E-state index in [0.717, 1.165) is 49.7 Å². The van der Waals surface area contributed by atoms with E-state index in [2.05, 4.69) is 19.8 Å². The molecule has 2 aromatic rings. The van der Waals surface area contributed by atoms with Crippen molar-refractivity contribution in [3.63, 3.8) is 0 Å². The SMILES string of the molecule is CN(C)Cc1cc(OC2CCN(Cc3ccc(Cl)cn3)C2)ccn1. The molecular formula is C18H23ClN4O. The number of ether oxygens (including phenoxy) is 1. The first-order valence-corrected chi connectivity index (χ1v) is 8.55. The van der Waals surface area contributed by atoms with Crippen LogP contribution in [0.25, 0.3) is 0 Å². The summed E-state index contributed by atoms with van der Waals surface area (Å²) in [6.45, 7) is 3.58. The van der Waals surface area contributed by atoms with E-state index in [4.69, 9.17) is 16.3 Å². The van der Waals surface area contributed by atoms with Crippen LogP contribution in [0.15, 0.2) is 36.7 Å². The minimum Gasteiger partial charge on any atom is -0.489 e. The molecule has 24 heavy (non-hydrogen) atoms. The smallest absolute Gasteiger partial charge is 0.123 e. The van der Waals surface area contributed by atoms with Gasteiger partial charge in [0.25, 0.3) is 0 Å². The maximum atomic E-state index is 6.14. The Hall–Kier alpha value is -1.69. The Morgan fingerprint density at radius 1 is 1.25 bits per heavy atom. The van der Waals surface area contributed by atoms with Crippen LogP contribution in [0.1, 0.15) is 17.8 Å². The van der Waals surface area contributed by atoms with E-state index in [1.54, 1.807) is 6.20 Å². The Morgan fingerprint density at radius 2 is 2.12 bits per heavy atom. The molecule has 6 heteroatoms. The predicted octanol–water partition coefficient (Wildman–Crippen LogP) is 2.84. The van der Waals surface area contributed by atoms with Gasteiger partial charge in [0.15, 0.2) is 0 Å². The van der Waals surface area contributed by atoms with E-state index in [-0.39, 0.29) is 6.10 Å². The van der Waals surface area contributed by atoms with E-state index in [0.29, 0.717) is 5.02 Å². The minimum atomic E-state index is 0.215. The summed E-state index contributed by atoms with van der Waals surface area (Å²) >= 11 is 5.88. The van der Waals surface area contributed by atoms with Crippen molar-refractivity contribution in [1.82, 2.24) is 19.8 Å². The Morgan fingerprint density at radius 3 is 2.88 bits per heavy atom. The zero-order valence-electron chi connectivity index (χ0n) is 14.2. The molecule has 0 radical (unpaired) electrons. The van der Waals surface area contributed by atoms with Crippen LogP contribution in [-0.4, -0.2) is 53.1 Å². The van der Waals surface area contributed by atoms with Crippen LogP contribution in [0.3, 0.4) is 0 Å². The number of likely N-dealkylation sites (tertiary alicyclic amines) is 1. The van der Waals surface area contributed by atoms with Gasteiger partial charge in [-0.2, -0.15) is 0 Å². The highest BCUT2D eigenvalue weighted by atomic mass is 35.5. The highest BCUT2D eigenvalue weighted by Crippen LogP contribution is 2.20. The lowest BCUT2D eigenvalue weighted by atomic mass is 10.3. The highest BCUT2D eigenvalue weighted by molar-refractivity contribution is 6.30. The second-order valence-corrected chi connectivity index (χ2v) is 6.89. The van der Waals surface area contributed by atoms with Crippen molar-refractivity contribution < 1.29 is 4.74 Å². The van der Waals surface area contributed by atoms with Gasteiger partial charge in [-0.3, -0.25) is 14.9 Å². The van der Waals surface area contributed by atoms with Crippen molar-refractivity contribution in [2.75, 3.05) is 27.2 Å². The molecule has 5 nitrogen and oxygen atoms in total. The molecule has 1 unspecified atom stereocenters. The van der Waals surface area contributed by atoms with E-state index < -0.39 is 0 Å². The van der Waals surface area contributed by atoms with Crippen molar-refractivity contribution in [1.29, 1.82) is 0 Å². The fourth-order valence-corrected chi connectivity index (χ4v) is 3.01. The van der Waals surface area contributed by atoms with Gasteiger partial charge in [0.05, 0.1) is 16.4 Å². The molecule has 1 fully saturated rings. The molecule has 128 valence electrons. The van der Waals surface area contributed by atoms with E-state index in [9.17, 15) is 0 Å². The molecule has 3 heterocycles. The lowest BCUT2D eigenvalue weighted by Gasteiger charge is -2.17. The van der Waals surface area contributed by atoms with Crippen molar-refractivity contribution in [3.8, 4) is 5.75 Å². The average molecular weight is 347 g/mol. The van der Waals surface area contributed by atoms with Gasteiger partial charge < -0.3 is 9.64 Å². The second kappa shape index (κ2) is 7.92. The van der Waals surface area contributed by atoms with Crippen LogP contribution >= 0.6 is 11.6 Å². The molecular weight excluding hydrogens is 324 g/mol. The molecule has 1 aliphatic rings. The highest BCUT2D eigenvalue weighted by Gasteiger charge is 2.24. The molecule has 1 aliphatic heterocycles. The summed E-state index contributed by atoms with van der Waals surface area (Å²) in [5, 5.41) is 0.674. The Balaban J connectivity index is 1.53. The van der Waals surface area contributed by atoms with Gasteiger partial charge in [-0.1, -0.05) is 11.6 Å². The van der Waals surface area contributed by atoms with Gasteiger partial charge >= 0.3 is 0 Å². The third-order valence-electron chi connectivity index (χ3n) is 3.97. The second-order valence-electron chi connectivity index (χ2n) is 6.45. The lowest BCUT2D eigenvalue weighted by Crippen LogP contribution is -2.25. The quantitative estimate of drug-likeness (QED) is 0.804. The first-order chi connectivity index (χ1) is 11.6. The van der Waals surface area contributed by atoms with E-state index in [1.165, 1.54) is 0 Å². The maximum absolute atomic E-state index is 6.14. The maximum Gasteiger partial charge on any atom is 0.123 e. The lowest BCUT2D eigenvalue weighted by molar-refractivity contribution is 0.197. The molecule has 3 rings (SSSR count). The molecule has 0 saturated carbocycles. The summed E-state index contributed by atoms with van der Waals surface area (Å²) < 4.78 is 6.14. The first kappa shape index (κ1) is 17.1. The standard InChI is InChI=1S/C18H23ClN4O/c1-22(2)11-16-9-17(5-7-20-16)24-18-6-8-23(13-18)12-15-4-3-14(19)10-21-15/h3-5,7,9-10,18H,6,8,11-13H2,1-2H3. The van der Waals surface area contributed by atoms with Crippen molar-refractivity contribution in [2.45, 2.75) is 25.6 Å². The predicted molar refractivity (Wildman–Crippen MR) is 95.2 cm³/mol. The van der Waals surface area contributed by atoms with Gasteiger partial charge in [0.1, 0.15) is 11.9 Å². The molecule has 0 aliphatic carbocycles. The monoisotopic (exact) mass is 346 g/mol. The summed E-state index contributed by atoms with van der Waals surface area (Å²) in [7, 11) is 4.07. The number of rotatable bonds is 6. The van der Waals surface area contributed by atoms with E-state index >= 15 is 0 Å². The normalized spacial score (nSPS) is 18.2. The van der Waals surface area contributed by atoms with Gasteiger partial charge in [0.2, 0.25) is 0 Å². The van der Waals surface area contributed by atoms with Crippen LogP contribution < -0.4 is 4.74 Å². The van der Waals surface area contributed by atoms with Crippen LogP contribution in [0, 0.1) is 0 Å². The Labute approximate surface area is 148 Å². The van der Waals surface area contributed by atoms with Gasteiger partial charge in [-0.15, -0.1) is 0 Å². The fourth-order valence-electron chi connectivity index (χ4n) is 2.90. The molecule has 2 aromatic heterocycles. The number of hydrogen-bond donors (Lipinski definition) is 0. The summed E-state index contributed by atoms with van der Waals surface area (Å²) in [5.41, 5.74) is 2.06. The van der Waals surface area contributed by atoms with Crippen molar-refractivity contribution in [3.05, 3.63) is 53.1 Å². The summed E-state index contributed by atoms with van der Waals surface area (Å²) in [5.74, 6) is 0.901. The minimum absolute atomic E-state index is 0.215. The molecule has 1 saturated heterocycles. The Bertz CT molecular complexity index is 662. The van der Waals surface area contributed by atoms with Crippen LogP contribution in [0.5, 0.6) is 5.75 Å². The first-order valence-electron chi connectivity index (χ1n) is 8.17. The average Bonchev–Trinajstić information content (AvgIpc) is 2.96. The van der Waals surface area contributed by atoms with Gasteiger partial charge in [-0.05, 0) is 38.7 Å². The summed E-state index contributed by atoms with van der Waals surface area (Å²) in [4.78, 5) is 13.2. The zero-order chi connectivity index (χ0) is 16.9. The number of aromatic nitrogens is 2. The molecule has 0 amide bonds. The molecule has 0 bridgehead atoms. The molecule has 0 spiro atoms. The van der Waals surface area contributed by atoms with Gasteiger partial charge in [0, 0.05) is 44.6 Å².